The number of carbonyl (C=O) groups excluding carboxylic acids is 2. The summed E-state index contributed by atoms with van der Waals surface area (Å²) in [6.07, 6.45) is -0.721. The zero-order chi connectivity index (χ0) is 13.9. The van der Waals surface area contributed by atoms with Gasteiger partial charge in [0, 0.05) is 0 Å². The van der Waals surface area contributed by atoms with Gasteiger partial charge in [-0.1, -0.05) is 5.16 Å². The Kier molecular flexibility index (Phi) is 3.95. The lowest BCUT2D eigenvalue weighted by atomic mass is 10.2. The average molecular weight is 256 g/mol. The summed E-state index contributed by atoms with van der Waals surface area (Å²) in [4.78, 5) is 23.0. The number of ether oxygens (including phenoxy) is 2. The normalized spacial score (nSPS) is 10.9. The molecule has 0 bridgehead atoms. The molecule has 0 aliphatic heterocycles. The van der Waals surface area contributed by atoms with Gasteiger partial charge in [-0.2, -0.15) is 0 Å². The maximum atomic E-state index is 11.5. The van der Waals surface area contributed by atoms with E-state index in [9.17, 15) is 9.59 Å². The number of aromatic nitrogens is 1. The number of methoxy groups -OCH3 is 1. The predicted molar refractivity (Wildman–Crippen MR) is 62.4 cm³/mol. The van der Waals surface area contributed by atoms with Gasteiger partial charge in [0.25, 0.3) is 0 Å². The highest BCUT2D eigenvalue weighted by Gasteiger charge is 2.24. The van der Waals surface area contributed by atoms with Crippen molar-refractivity contribution in [3.8, 4) is 0 Å². The lowest BCUT2D eigenvalue weighted by Crippen LogP contribution is -2.27. The van der Waals surface area contributed by atoms with Crippen LogP contribution in [0.15, 0.2) is 4.52 Å². The van der Waals surface area contributed by atoms with Crippen molar-refractivity contribution < 1.29 is 23.6 Å². The molecule has 1 rings (SSSR count). The van der Waals surface area contributed by atoms with E-state index in [1.54, 1.807) is 27.7 Å². The van der Waals surface area contributed by atoms with Crippen LogP contribution in [0.4, 0.5) is 10.6 Å². The number of hydrogen-bond acceptors (Lipinski definition) is 6. The summed E-state index contributed by atoms with van der Waals surface area (Å²) in [5.41, 5.74) is -0.572. The molecule has 1 heterocycles. The first-order valence-corrected chi connectivity index (χ1v) is 5.29. The van der Waals surface area contributed by atoms with Crippen LogP contribution in [0.2, 0.25) is 0 Å². The van der Waals surface area contributed by atoms with Crippen molar-refractivity contribution in [2.45, 2.75) is 33.3 Å². The molecule has 1 aromatic heterocycles. The Bertz CT molecular complexity index is 458. The van der Waals surface area contributed by atoms with E-state index >= 15 is 0 Å². The maximum Gasteiger partial charge on any atom is 0.413 e. The summed E-state index contributed by atoms with van der Waals surface area (Å²) in [6.45, 7) is 6.71. The van der Waals surface area contributed by atoms with E-state index in [0.717, 1.165) is 0 Å². The highest BCUT2D eigenvalue weighted by molar-refractivity contribution is 5.99. The first-order valence-electron chi connectivity index (χ1n) is 5.29. The van der Waals surface area contributed by atoms with Crippen molar-refractivity contribution in [3.05, 3.63) is 11.3 Å². The van der Waals surface area contributed by atoms with Gasteiger partial charge in [-0.15, -0.1) is 0 Å². The van der Waals surface area contributed by atoms with E-state index in [4.69, 9.17) is 9.26 Å². The smallest absolute Gasteiger partial charge is 0.413 e. The number of nitrogens with one attached hydrogen (secondary N) is 1. The van der Waals surface area contributed by atoms with Gasteiger partial charge in [-0.25, -0.2) is 9.59 Å². The number of carbonyl (C=O) groups is 2. The summed E-state index contributed by atoms with van der Waals surface area (Å²) >= 11 is 0. The van der Waals surface area contributed by atoms with Gasteiger partial charge in [-0.05, 0) is 27.7 Å². The van der Waals surface area contributed by atoms with E-state index in [0.29, 0.717) is 0 Å². The fourth-order valence-electron chi connectivity index (χ4n) is 1.20. The number of aryl methyl sites for hydroxylation is 1. The Hall–Kier alpha value is -2.05. The number of anilines is 1. The summed E-state index contributed by atoms with van der Waals surface area (Å²) in [5, 5.41) is 5.90. The zero-order valence-electron chi connectivity index (χ0n) is 11.0. The van der Waals surface area contributed by atoms with E-state index in [2.05, 4.69) is 15.2 Å². The van der Waals surface area contributed by atoms with Crippen molar-refractivity contribution in [1.82, 2.24) is 5.16 Å². The molecule has 0 saturated heterocycles. The molecule has 1 N–H and O–H groups in total. The predicted octanol–water partition coefficient (Wildman–Crippen LogP) is 2.12. The van der Waals surface area contributed by atoms with Crippen molar-refractivity contribution in [2.24, 2.45) is 0 Å². The Balaban J connectivity index is 2.86. The summed E-state index contributed by atoms with van der Waals surface area (Å²) in [6, 6.07) is 0. The number of esters is 1. The zero-order valence-corrected chi connectivity index (χ0v) is 11.0. The van der Waals surface area contributed by atoms with Crippen LogP contribution in [0.25, 0.3) is 0 Å². The van der Waals surface area contributed by atoms with Crippen molar-refractivity contribution >= 4 is 17.9 Å². The highest BCUT2D eigenvalue weighted by Crippen LogP contribution is 2.20. The van der Waals surface area contributed by atoms with Crippen LogP contribution in [0, 0.1) is 6.92 Å². The minimum absolute atomic E-state index is 0.0198. The minimum Gasteiger partial charge on any atom is -0.465 e. The fraction of sp³-hybridized carbons (Fsp3) is 0.545. The van der Waals surface area contributed by atoms with Crippen LogP contribution < -0.4 is 5.32 Å². The fourth-order valence-corrected chi connectivity index (χ4v) is 1.20. The topological polar surface area (TPSA) is 90.7 Å². The average Bonchev–Trinajstić information content (AvgIpc) is 2.56. The molecule has 0 aliphatic carbocycles. The van der Waals surface area contributed by atoms with Crippen molar-refractivity contribution in [3.63, 3.8) is 0 Å². The van der Waals surface area contributed by atoms with Crippen molar-refractivity contribution in [1.29, 1.82) is 0 Å². The van der Waals surface area contributed by atoms with Crippen LogP contribution in [0.1, 0.15) is 36.9 Å². The molecule has 1 aromatic rings. The maximum absolute atomic E-state index is 11.5. The second-order valence-corrected chi connectivity index (χ2v) is 4.58. The largest absolute Gasteiger partial charge is 0.465 e. The third-order valence-electron chi connectivity index (χ3n) is 1.87. The van der Waals surface area contributed by atoms with E-state index < -0.39 is 17.7 Å². The van der Waals surface area contributed by atoms with Gasteiger partial charge in [0.2, 0.25) is 0 Å². The van der Waals surface area contributed by atoms with E-state index in [-0.39, 0.29) is 17.1 Å². The van der Waals surface area contributed by atoms with Crippen LogP contribution >= 0.6 is 0 Å². The monoisotopic (exact) mass is 256 g/mol. The van der Waals surface area contributed by atoms with Gasteiger partial charge in [0.15, 0.2) is 11.6 Å². The lowest BCUT2D eigenvalue weighted by molar-refractivity contribution is 0.0600. The minimum atomic E-state index is -0.721. The van der Waals surface area contributed by atoms with Crippen LogP contribution in [-0.4, -0.2) is 29.9 Å². The third kappa shape index (κ3) is 3.47. The Morgan fingerprint density at radius 2 is 1.94 bits per heavy atom. The summed E-state index contributed by atoms with van der Waals surface area (Å²) < 4.78 is 14.4. The quantitative estimate of drug-likeness (QED) is 0.815. The Morgan fingerprint density at radius 1 is 1.33 bits per heavy atom. The molecule has 0 aliphatic rings. The van der Waals surface area contributed by atoms with Crippen LogP contribution in [0.5, 0.6) is 0 Å². The Morgan fingerprint density at radius 3 is 2.44 bits per heavy atom. The molecule has 0 saturated carbocycles. The lowest BCUT2D eigenvalue weighted by Gasteiger charge is -2.19. The molecule has 0 atom stereocenters. The van der Waals surface area contributed by atoms with Gasteiger partial charge in [-0.3, -0.25) is 5.32 Å². The number of nitrogens with zero attached hydrogens (tertiary/aromatic N) is 1. The molecule has 18 heavy (non-hydrogen) atoms. The molecule has 0 aromatic carbocycles. The summed E-state index contributed by atoms with van der Waals surface area (Å²) in [7, 11) is 1.23. The van der Waals surface area contributed by atoms with Gasteiger partial charge in [0.1, 0.15) is 11.2 Å². The molecule has 1 amide bonds. The standard InChI is InChI=1S/C11H16N2O5/c1-6-7(9(14)16-5)8(13-18-6)12-10(15)17-11(2,3)4/h1-5H3,(H,12,13,15). The highest BCUT2D eigenvalue weighted by atomic mass is 16.6. The molecular weight excluding hydrogens is 240 g/mol. The first kappa shape index (κ1) is 14.0. The molecular formula is C11H16N2O5. The molecule has 0 fully saturated rings. The van der Waals surface area contributed by atoms with E-state index in [1.807, 2.05) is 0 Å². The summed E-state index contributed by atoms with van der Waals surface area (Å²) in [5.74, 6) is -0.402. The van der Waals surface area contributed by atoms with Crippen molar-refractivity contribution in [2.75, 3.05) is 12.4 Å². The van der Waals surface area contributed by atoms with Crippen LogP contribution in [0.3, 0.4) is 0 Å². The molecule has 0 spiro atoms. The van der Waals surface area contributed by atoms with Crippen LogP contribution in [-0.2, 0) is 9.47 Å². The second-order valence-electron chi connectivity index (χ2n) is 4.58. The SMILES string of the molecule is COC(=O)c1c(NC(=O)OC(C)(C)C)noc1C. The van der Waals surface area contributed by atoms with Gasteiger partial charge >= 0.3 is 12.1 Å². The van der Waals surface area contributed by atoms with Gasteiger partial charge < -0.3 is 14.0 Å². The second kappa shape index (κ2) is 5.07. The first-order chi connectivity index (χ1) is 8.24. The third-order valence-corrected chi connectivity index (χ3v) is 1.87. The Labute approximate surface area is 104 Å². The van der Waals surface area contributed by atoms with Gasteiger partial charge in [0.05, 0.1) is 7.11 Å². The molecule has 0 radical (unpaired) electrons. The molecule has 100 valence electrons. The number of amides is 1. The molecule has 7 nitrogen and oxygen atoms in total. The number of rotatable bonds is 2. The molecule has 7 heteroatoms. The number of hydrogen-bond donors (Lipinski definition) is 1. The van der Waals surface area contributed by atoms with E-state index in [1.165, 1.54) is 7.11 Å². The molecule has 0 unspecified atom stereocenters.